The fourth-order valence-electron chi connectivity index (χ4n) is 2.77. The van der Waals surface area contributed by atoms with Gasteiger partial charge in [-0.25, -0.2) is 19.6 Å². The molecule has 35 heavy (non-hydrogen) atoms. The number of esters is 2. The predicted octanol–water partition coefficient (Wildman–Crippen LogP) is 7.64. The lowest BCUT2D eigenvalue weighted by molar-refractivity contribution is 0.0398. The lowest BCUT2D eigenvalue weighted by Gasteiger charge is -2.08. The molecule has 0 aliphatic heterocycles. The number of alkyl halides is 4. The highest BCUT2D eigenvalue weighted by Gasteiger charge is 2.17. The van der Waals surface area contributed by atoms with Crippen LogP contribution in [-0.4, -0.2) is 46.0 Å². The molecule has 11 heteroatoms. The van der Waals surface area contributed by atoms with E-state index in [-0.39, 0.29) is 11.1 Å². The highest BCUT2D eigenvalue weighted by atomic mass is 79.9. The van der Waals surface area contributed by atoms with E-state index >= 15 is 0 Å². The molecule has 1 aromatic heterocycles. The summed E-state index contributed by atoms with van der Waals surface area (Å²) in [5.74, 6) is -1.60. The van der Waals surface area contributed by atoms with Crippen molar-refractivity contribution in [2.75, 3.05) is 10.7 Å². The molecule has 0 saturated heterocycles. The Morgan fingerprint density at radius 2 is 1.26 bits per heavy atom. The minimum atomic E-state index is -0.808. The fourth-order valence-corrected chi connectivity index (χ4v) is 4.46. The second-order valence-corrected chi connectivity index (χ2v) is 9.58. The zero-order chi connectivity index (χ0) is 25.8. The van der Waals surface area contributed by atoms with Gasteiger partial charge in [0, 0.05) is 21.3 Å². The molecule has 0 atom stereocenters. The van der Waals surface area contributed by atoms with E-state index in [1.807, 2.05) is 0 Å². The average Bonchev–Trinajstić information content (AvgIpc) is 2.90. The first kappa shape index (κ1) is 29.4. The number of rotatable bonds is 9. The van der Waals surface area contributed by atoms with Crippen LogP contribution in [0.1, 0.15) is 44.9 Å². The smallest absolute Gasteiger partial charge is 0.346 e. The molecule has 0 radical (unpaired) electrons. The van der Waals surface area contributed by atoms with Gasteiger partial charge >= 0.3 is 11.9 Å². The molecule has 184 valence electrons. The van der Waals surface area contributed by atoms with E-state index in [0.29, 0.717) is 33.1 Å². The Morgan fingerprint density at radius 3 is 1.77 bits per heavy atom. The molecule has 0 N–H and O–H groups in total. The molecule has 0 unspecified atom stereocenters. The molecular formula is C24H22Br4N4O3. The van der Waals surface area contributed by atoms with Crippen molar-refractivity contribution >= 4 is 112 Å². The maximum Gasteiger partial charge on any atom is 0.346 e. The number of halogens is 4. The van der Waals surface area contributed by atoms with Gasteiger partial charge in [0.1, 0.15) is 0 Å². The summed E-state index contributed by atoms with van der Waals surface area (Å²) in [6, 6.07) is 9.21. The van der Waals surface area contributed by atoms with E-state index in [4.69, 9.17) is 4.74 Å². The number of aromatic nitrogens is 2. The largest absolute Gasteiger partial charge is 0.386 e. The van der Waals surface area contributed by atoms with Crippen molar-refractivity contribution in [1.82, 2.24) is 9.97 Å². The molecule has 0 fully saturated rings. The average molecular weight is 734 g/mol. The van der Waals surface area contributed by atoms with Gasteiger partial charge in [-0.1, -0.05) is 63.7 Å². The van der Waals surface area contributed by atoms with Crippen LogP contribution in [0.25, 0.3) is 11.0 Å². The summed E-state index contributed by atoms with van der Waals surface area (Å²) in [5.41, 5.74) is 3.93. The summed E-state index contributed by atoms with van der Waals surface area (Å²) in [6.45, 7) is 6.85. The number of aliphatic imine (C=N–C) groups is 2. The van der Waals surface area contributed by atoms with Crippen molar-refractivity contribution in [2.24, 2.45) is 9.98 Å². The summed E-state index contributed by atoms with van der Waals surface area (Å²) in [4.78, 5) is 41.4. The van der Waals surface area contributed by atoms with Crippen LogP contribution in [0.15, 0.2) is 46.4 Å². The number of unbranched alkanes of at least 4 members (excludes halogenated alkanes) is 1. The second kappa shape index (κ2) is 15.3. The monoisotopic (exact) mass is 730 g/mol. The van der Waals surface area contributed by atoms with Gasteiger partial charge in [0.25, 0.3) is 0 Å². The summed E-state index contributed by atoms with van der Waals surface area (Å²) in [7, 11) is 0. The van der Waals surface area contributed by atoms with Crippen molar-refractivity contribution < 1.29 is 14.3 Å². The summed E-state index contributed by atoms with van der Waals surface area (Å²) in [6.07, 6.45) is 2.57. The Kier molecular flexibility index (Phi) is 12.9. The predicted molar refractivity (Wildman–Crippen MR) is 156 cm³/mol. The Labute approximate surface area is 237 Å². The lowest BCUT2D eigenvalue weighted by atomic mass is 10.1. The summed E-state index contributed by atoms with van der Waals surface area (Å²) >= 11 is 13.4. The Hall–Kier alpha value is -1.82. The highest BCUT2D eigenvalue weighted by Crippen LogP contribution is 2.28. The van der Waals surface area contributed by atoms with Crippen LogP contribution in [-0.2, 0) is 15.4 Å². The number of benzene rings is 2. The molecule has 0 bridgehead atoms. The number of nitrogens with zero attached hydrogens (tertiary/aromatic N) is 4. The van der Waals surface area contributed by atoms with Crippen molar-refractivity contribution in [1.29, 1.82) is 0 Å². The first-order chi connectivity index (χ1) is 16.9. The Morgan fingerprint density at radius 1 is 0.743 bits per heavy atom. The number of carbonyl (C=O) groups is 2. The first-order valence-corrected chi connectivity index (χ1v) is 14.8. The number of carbonyl (C=O) groups excluding carboxylic acids is 2. The van der Waals surface area contributed by atoms with E-state index in [1.165, 1.54) is 25.0 Å². The Balaban J connectivity index is 0.000000641. The molecule has 0 amide bonds. The molecule has 0 aliphatic rings. The topological polar surface area (TPSA) is 93.9 Å². The Bertz CT molecular complexity index is 1220. The van der Waals surface area contributed by atoms with Gasteiger partial charge in [0.2, 0.25) is 0 Å². The standard InChI is InChI=1S/C20H14Br2N4O3.C4H8Br2/c1-23-13-5-3-11(7-15(13)24-2)19(27)29-20(28)12-4-6-14-16(8-12)26-18(10-22)17(9-21)25-14;5-3-1-2-4-6/h3-8H,1-2,9-10H2;1-4H2. The maximum absolute atomic E-state index is 12.5. The number of ether oxygens (including phenoxy) is 1. The van der Waals surface area contributed by atoms with Crippen molar-refractivity contribution in [2.45, 2.75) is 23.5 Å². The van der Waals surface area contributed by atoms with Crippen molar-refractivity contribution in [3.8, 4) is 0 Å². The summed E-state index contributed by atoms with van der Waals surface area (Å²) < 4.78 is 4.99. The van der Waals surface area contributed by atoms with Gasteiger partial charge in [-0.15, -0.1) is 0 Å². The maximum atomic E-state index is 12.5. The SMILES string of the molecule is BrCCCCBr.C=Nc1ccc(C(=O)OC(=O)c2ccc3nc(CBr)c(CBr)nc3c2)cc1N=C. The van der Waals surface area contributed by atoms with E-state index in [0.717, 1.165) is 22.0 Å². The fraction of sp³-hybridized carbons (Fsp3) is 0.250. The minimum absolute atomic E-state index is 0.150. The van der Waals surface area contributed by atoms with Gasteiger partial charge in [0.15, 0.2) is 0 Å². The van der Waals surface area contributed by atoms with Gasteiger partial charge < -0.3 is 4.74 Å². The molecule has 0 saturated carbocycles. The van der Waals surface area contributed by atoms with Crippen LogP contribution >= 0.6 is 63.7 Å². The molecule has 2 aromatic carbocycles. The third kappa shape index (κ3) is 8.37. The molecule has 0 spiro atoms. The molecule has 0 aliphatic carbocycles. The van der Waals surface area contributed by atoms with Crippen LogP contribution in [0.2, 0.25) is 0 Å². The van der Waals surface area contributed by atoms with E-state index in [1.54, 1.807) is 24.3 Å². The molecule has 1 heterocycles. The van der Waals surface area contributed by atoms with Crippen LogP contribution in [0.3, 0.4) is 0 Å². The van der Waals surface area contributed by atoms with Gasteiger partial charge in [-0.2, -0.15) is 0 Å². The third-order valence-corrected chi connectivity index (χ3v) is 6.75. The van der Waals surface area contributed by atoms with Crippen LogP contribution in [0.5, 0.6) is 0 Å². The molecular weight excluding hydrogens is 712 g/mol. The molecule has 3 rings (SSSR count). The van der Waals surface area contributed by atoms with Gasteiger partial charge in [0.05, 0.1) is 44.9 Å². The van der Waals surface area contributed by atoms with E-state index in [2.05, 4.69) is 97.1 Å². The van der Waals surface area contributed by atoms with Crippen LogP contribution in [0, 0.1) is 0 Å². The number of hydrogen-bond donors (Lipinski definition) is 0. The summed E-state index contributed by atoms with van der Waals surface area (Å²) in [5, 5.41) is 3.37. The number of hydrogen-bond acceptors (Lipinski definition) is 7. The second-order valence-electron chi connectivity index (χ2n) is 6.87. The van der Waals surface area contributed by atoms with Crippen molar-refractivity contribution in [3.63, 3.8) is 0 Å². The van der Waals surface area contributed by atoms with Crippen LogP contribution in [0.4, 0.5) is 11.4 Å². The zero-order valence-electron chi connectivity index (χ0n) is 18.6. The molecule has 7 nitrogen and oxygen atoms in total. The van der Waals surface area contributed by atoms with E-state index < -0.39 is 11.9 Å². The normalized spacial score (nSPS) is 10.3. The van der Waals surface area contributed by atoms with Gasteiger partial charge in [-0.3, -0.25) is 9.98 Å². The quantitative estimate of drug-likeness (QED) is 0.0742. The van der Waals surface area contributed by atoms with Gasteiger partial charge in [-0.05, 0) is 62.7 Å². The zero-order valence-corrected chi connectivity index (χ0v) is 25.0. The van der Waals surface area contributed by atoms with E-state index in [9.17, 15) is 9.59 Å². The number of fused-ring (bicyclic) bond motifs is 1. The van der Waals surface area contributed by atoms with Crippen LogP contribution < -0.4 is 0 Å². The lowest BCUT2D eigenvalue weighted by Crippen LogP contribution is -2.13. The minimum Gasteiger partial charge on any atom is -0.386 e. The van der Waals surface area contributed by atoms with Crippen molar-refractivity contribution in [3.05, 3.63) is 58.9 Å². The highest BCUT2D eigenvalue weighted by molar-refractivity contribution is 9.09. The third-order valence-electron chi connectivity index (χ3n) is 4.56. The first-order valence-electron chi connectivity index (χ1n) is 10.3. The molecule has 3 aromatic rings.